The first-order valence-corrected chi connectivity index (χ1v) is 6.50. The van der Waals surface area contributed by atoms with Crippen LogP contribution in [0.15, 0.2) is 24.4 Å². The summed E-state index contributed by atoms with van der Waals surface area (Å²) >= 11 is 13.9. The third-order valence-corrected chi connectivity index (χ3v) is 3.86. The summed E-state index contributed by atoms with van der Waals surface area (Å²) in [5.41, 5.74) is 0.769. The standard InChI is InChI=1S/C11H6Cl2FIN2/c12-8-4-7(14)2-1-6(8)3-10-16-5-9(15)11(13)17-10/h1-2,4-5H,3H2. The van der Waals surface area contributed by atoms with Crippen LogP contribution in [0.2, 0.25) is 10.2 Å². The number of aromatic nitrogens is 2. The van der Waals surface area contributed by atoms with Gasteiger partial charge in [0.25, 0.3) is 0 Å². The first-order chi connectivity index (χ1) is 8.06. The van der Waals surface area contributed by atoms with E-state index in [1.54, 1.807) is 12.3 Å². The Labute approximate surface area is 121 Å². The van der Waals surface area contributed by atoms with Crippen LogP contribution >= 0.6 is 45.8 Å². The Morgan fingerprint density at radius 3 is 2.71 bits per heavy atom. The zero-order valence-corrected chi connectivity index (χ0v) is 12.1. The number of halogens is 4. The van der Waals surface area contributed by atoms with Gasteiger partial charge in [-0.2, -0.15) is 0 Å². The molecule has 0 fully saturated rings. The normalized spacial score (nSPS) is 10.6. The van der Waals surface area contributed by atoms with Crippen molar-refractivity contribution in [2.45, 2.75) is 6.42 Å². The summed E-state index contributed by atoms with van der Waals surface area (Å²) in [6.07, 6.45) is 2.07. The van der Waals surface area contributed by atoms with E-state index >= 15 is 0 Å². The lowest BCUT2D eigenvalue weighted by molar-refractivity contribution is 0.627. The van der Waals surface area contributed by atoms with Crippen molar-refractivity contribution in [2.24, 2.45) is 0 Å². The molecule has 0 saturated heterocycles. The van der Waals surface area contributed by atoms with Crippen LogP contribution in [0.3, 0.4) is 0 Å². The third-order valence-electron chi connectivity index (χ3n) is 2.11. The van der Waals surface area contributed by atoms with E-state index in [0.717, 1.165) is 9.13 Å². The van der Waals surface area contributed by atoms with E-state index in [2.05, 4.69) is 32.6 Å². The summed E-state index contributed by atoms with van der Waals surface area (Å²) in [6.45, 7) is 0. The first kappa shape index (κ1) is 13.0. The van der Waals surface area contributed by atoms with Gasteiger partial charge in [-0.15, -0.1) is 0 Å². The summed E-state index contributed by atoms with van der Waals surface area (Å²) in [4.78, 5) is 8.27. The van der Waals surface area contributed by atoms with Gasteiger partial charge < -0.3 is 0 Å². The van der Waals surface area contributed by atoms with Gasteiger partial charge in [0.15, 0.2) is 0 Å². The van der Waals surface area contributed by atoms with Crippen LogP contribution in [0, 0.1) is 9.39 Å². The number of benzene rings is 1. The van der Waals surface area contributed by atoms with Gasteiger partial charge in [0.1, 0.15) is 16.8 Å². The Kier molecular flexibility index (Phi) is 4.17. The number of hydrogen-bond donors (Lipinski definition) is 0. The van der Waals surface area contributed by atoms with Gasteiger partial charge in [0.2, 0.25) is 0 Å². The van der Waals surface area contributed by atoms with Crippen molar-refractivity contribution in [3.63, 3.8) is 0 Å². The van der Waals surface area contributed by atoms with E-state index in [9.17, 15) is 4.39 Å². The molecule has 1 aromatic carbocycles. The highest BCUT2D eigenvalue weighted by atomic mass is 127. The average Bonchev–Trinajstić information content (AvgIpc) is 2.27. The van der Waals surface area contributed by atoms with Crippen molar-refractivity contribution in [1.29, 1.82) is 0 Å². The fraction of sp³-hybridized carbons (Fsp3) is 0.0909. The van der Waals surface area contributed by atoms with Crippen LogP contribution < -0.4 is 0 Å². The van der Waals surface area contributed by atoms with Gasteiger partial charge in [0, 0.05) is 17.6 Å². The van der Waals surface area contributed by atoms with E-state index in [4.69, 9.17) is 23.2 Å². The molecule has 0 bridgehead atoms. The molecule has 1 aromatic heterocycles. The maximum Gasteiger partial charge on any atom is 0.146 e. The molecule has 0 spiro atoms. The highest BCUT2D eigenvalue weighted by Crippen LogP contribution is 2.21. The second-order valence-electron chi connectivity index (χ2n) is 3.34. The highest BCUT2D eigenvalue weighted by molar-refractivity contribution is 14.1. The van der Waals surface area contributed by atoms with E-state index in [-0.39, 0.29) is 5.82 Å². The summed E-state index contributed by atoms with van der Waals surface area (Å²) in [5.74, 6) is 0.198. The molecule has 0 amide bonds. The van der Waals surface area contributed by atoms with Crippen molar-refractivity contribution in [3.8, 4) is 0 Å². The Balaban J connectivity index is 2.28. The van der Waals surface area contributed by atoms with Gasteiger partial charge >= 0.3 is 0 Å². The van der Waals surface area contributed by atoms with Crippen molar-refractivity contribution in [2.75, 3.05) is 0 Å². The van der Waals surface area contributed by atoms with E-state index < -0.39 is 0 Å². The molecule has 0 radical (unpaired) electrons. The van der Waals surface area contributed by atoms with E-state index in [0.29, 0.717) is 22.4 Å². The van der Waals surface area contributed by atoms with Crippen LogP contribution in [-0.2, 0) is 6.42 Å². The largest absolute Gasteiger partial charge is 0.240 e. The predicted octanol–water partition coefficient (Wildman–Crippen LogP) is 4.12. The lowest BCUT2D eigenvalue weighted by atomic mass is 10.1. The van der Waals surface area contributed by atoms with Crippen molar-refractivity contribution < 1.29 is 4.39 Å². The molecule has 17 heavy (non-hydrogen) atoms. The molecule has 1 heterocycles. The lowest BCUT2D eigenvalue weighted by Crippen LogP contribution is -1.98. The van der Waals surface area contributed by atoms with Crippen molar-refractivity contribution in [1.82, 2.24) is 9.97 Å². The van der Waals surface area contributed by atoms with Crippen LogP contribution in [0.25, 0.3) is 0 Å². The fourth-order valence-electron chi connectivity index (χ4n) is 1.30. The molecule has 0 saturated carbocycles. The molecule has 2 rings (SSSR count). The Morgan fingerprint density at radius 2 is 2.06 bits per heavy atom. The lowest BCUT2D eigenvalue weighted by Gasteiger charge is -2.04. The van der Waals surface area contributed by atoms with Gasteiger partial charge in [-0.25, -0.2) is 14.4 Å². The van der Waals surface area contributed by atoms with Crippen molar-refractivity contribution in [3.05, 3.63) is 55.3 Å². The molecule has 88 valence electrons. The molecular weight excluding hydrogens is 377 g/mol. The van der Waals surface area contributed by atoms with Crippen LogP contribution in [0.5, 0.6) is 0 Å². The van der Waals surface area contributed by atoms with Gasteiger partial charge in [-0.3, -0.25) is 0 Å². The Morgan fingerprint density at radius 1 is 1.29 bits per heavy atom. The second-order valence-corrected chi connectivity index (χ2v) is 5.26. The Hall–Kier alpha value is -0.460. The predicted molar refractivity (Wildman–Crippen MR) is 74.0 cm³/mol. The number of nitrogens with zero attached hydrogens (tertiary/aromatic N) is 2. The van der Waals surface area contributed by atoms with Crippen molar-refractivity contribution >= 4 is 45.8 Å². The molecule has 0 atom stereocenters. The van der Waals surface area contributed by atoms with Gasteiger partial charge in [-0.05, 0) is 40.3 Å². The van der Waals surface area contributed by atoms with E-state index in [1.807, 2.05) is 0 Å². The minimum absolute atomic E-state index is 0.361. The molecule has 0 aliphatic rings. The van der Waals surface area contributed by atoms with Gasteiger partial charge in [0.05, 0.1) is 3.57 Å². The molecule has 0 N–H and O–H groups in total. The van der Waals surface area contributed by atoms with E-state index in [1.165, 1.54) is 12.1 Å². The number of hydrogen-bond acceptors (Lipinski definition) is 2. The Bertz CT molecular complexity index is 563. The summed E-state index contributed by atoms with van der Waals surface area (Å²) < 4.78 is 13.7. The maximum absolute atomic E-state index is 12.9. The van der Waals surface area contributed by atoms with Crippen LogP contribution in [0.4, 0.5) is 4.39 Å². The first-order valence-electron chi connectivity index (χ1n) is 4.67. The minimum Gasteiger partial charge on any atom is -0.240 e. The van der Waals surface area contributed by atoms with Gasteiger partial charge in [-0.1, -0.05) is 29.3 Å². The summed E-state index contributed by atoms with van der Waals surface area (Å²) in [6, 6.07) is 4.24. The summed E-state index contributed by atoms with van der Waals surface area (Å²) in [7, 11) is 0. The quantitative estimate of drug-likeness (QED) is 0.576. The topological polar surface area (TPSA) is 25.8 Å². The fourth-order valence-corrected chi connectivity index (χ4v) is 1.94. The monoisotopic (exact) mass is 382 g/mol. The SMILES string of the molecule is Fc1ccc(Cc2ncc(I)c(Cl)n2)c(Cl)c1. The molecule has 2 nitrogen and oxygen atoms in total. The smallest absolute Gasteiger partial charge is 0.146 e. The molecule has 2 aromatic rings. The second kappa shape index (κ2) is 5.46. The van der Waals surface area contributed by atoms with Crippen LogP contribution in [0.1, 0.15) is 11.4 Å². The average molecular weight is 383 g/mol. The molecule has 6 heteroatoms. The highest BCUT2D eigenvalue weighted by Gasteiger charge is 2.07. The summed E-state index contributed by atoms with van der Waals surface area (Å²) in [5, 5.41) is 0.775. The molecular formula is C11H6Cl2FIN2. The maximum atomic E-state index is 12.9. The third kappa shape index (κ3) is 3.26. The number of rotatable bonds is 2. The molecule has 0 unspecified atom stereocenters. The molecule has 0 aliphatic heterocycles. The minimum atomic E-state index is -0.361. The van der Waals surface area contributed by atoms with Crippen LogP contribution in [-0.4, -0.2) is 9.97 Å². The zero-order chi connectivity index (χ0) is 12.4. The molecule has 0 aliphatic carbocycles. The zero-order valence-electron chi connectivity index (χ0n) is 8.42.